The second-order valence-corrected chi connectivity index (χ2v) is 6.01. The fourth-order valence-electron chi connectivity index (χ4n) is 3.51. The van der Waals surface area contributed by atoms with Crippen LogP contribution in [0.2, 0.25) is 0 Å². The molecule has 0 aromatic carbocycles. The molecular weight excluding hydrogens is 170 g/mol. The van der Waals surface area contributed by atoms with Crippen molar-refractivity contribution in [3.05, 3.63) is 0 Å². The average Bonchev–Trinajstić information content (AvgIpc) is 2.75. The predicted octanol–water partition coefficient (Wildman–Crippen LogP) is 3.34. The molecule has 2 aliphatic rings. The van der Waals surface area contributed by atoms with Gasteiger partial charge in [0.25, 0.3) is 0 Å². The first-order valence-corrected chi connectivity index (χ1v) is 6.39. The molecule has 1 aliphatic carbocycles. The van der Waals surface area contributed by atoms with Gasteiger partial charge in [-0.15, -0.1) is 0 Å². The number of fused-ring (bicyclic) bond motifs is 2. The molecule has 0 amide bonds. The highest BCUT2D eigenvalue weighted by molar-refractivity contribution is 5.02. The number of nitrogens with one attached hydrogen (secondary N) is 1. The first-order valence-electron chi connectivity index (χ1n) is 6.39. The lowest BCUT2D eigenvalue weighted by molar-refractivity contribution is 0.172. The molecule has 82 valence electrons. The van der Waals surface area contributed by atoms with Crippen molar-refractivity contribution in [1.82, 2.24) is 5.32 Å². The van der Waals surface area contributed by atoms with Gasteiger partial charge >= 0.3 is 0 Å². The number of piperidine rings is 1. The molecule has 1 heteroatoms. The second-order valence-electron chi connectivity index (χ2n) is 6.01. The van der Waals surface area contributed by atoms with E-state index in [1.807, 2.05) is 0 Å². The van der Waals surface area contributed by atoms with E-state index >= 15 is 0 Å². The first-order chi connectivity index (χ1) is 6.63. The van der Waals surface area contributed by atoms with E-state index in [2.05, 4.69) is 26.1 Å². The minimum absolute atomic E-state index is 0.524. The van der Waals surface area contributed by atoms with E-state index in [9.17, 15) is 0 Å². The van der Waals surface area contributed by atoms with Crippen LogP contribution in [0.15, 0.2) is 0 Å². The van der Waals surface area contributed by atoms with Crippen molar-refractivity contribution in [3.63, 3.8) is 0 Å². The molecule has 0 aromatic rings. The van der Waals surface area contributed by atoms with E-state index in [-0.39, 0.29) is 0 Å². The van der Waals surface area contributed by atoms with Gasteiger partial charge in [-0.25, -0.2) is 0 Å². The largest absolute Gasteiger partial charge is 0.310 e. The second kappa shape index (κ2) is 3.84. The summed E-state index contributed by atoms with van der Waals surface area (Å²) < 4.78 is 0. The summed E-state index contributed by atoms with van der Waals surface area (Å²) in [5, 5.41) is 3.84. The lowest BCUT2D eigenvalue weighted by Gasteiger charge is -2.38. The molecule has 1 nitrogen and oxygen atoms in total. The third-order valence-electron chi connectivity index (χ3n) is 4.38. The van der Waals surface area contributed by atoms with Gasteiger partial charge in [-0.1, -0.05) is 33.6 Å². The summed E-state index contributed by atoms with van der Waals surface area (Å²) in [5.41, 5.74) is 0.524. The molecule has 14 heavy (non-hydrogen) atoms. The molecule has 1 saturated heterocycles. The molecule has 1 saturated carbocycles. The highest BCUT2D eigenvalue weighted by Crippen LogP contribution is 2.44. The van der Waals surface area contributed by atoms with Crippen molar-refractivity contribution in [1.29, 1.82) is 0 Å². The third kappa shape index (κ3) is 1.84. The van der Waals surface area contributed by atoms with Gasteiger partial charge in [-0.3, -0.25) is 0 Å². The Morgan fingerprint density at radius 1 is 1.29 bits per heavy atom. The lowest BCUT2D eigenvalue weighted by Crippen LogP contribution is -2.45. The lowest BCUT2D eigenvalue weighted by atomic mass is 9.74. The number of rotatable bonds is 4. The standard InChI is InChI=1S/C13H25N/c1-4-5-8-13(2,3)12-10-6-7-11(9-10)14-12/h10-12,14H,4-9H2,1-3H3. The van der Waals surface area contributed by atoms with Gasteiger partial charge in [0.2, 0.25) is 0 Å². The van der Waals surface area contributed by atoms with E-state index < -0.39 is 0 Å². The summed E-state index contributed by atoms with van der Waals surface area (Å²) in [6, 6.07) is 1.68. The summed E-state index contributed by atoms with van der Waals surface area (Å²) in [6.07, 6.45) is 8.50. The van der Waals surface area contributed by atoms with Gasteiger partial charge in [0, 0.05) is 12.1 Å². The van der Waals surface area contributed by atoms with E-state index in [1.54, 1.807) is 0 Å². The predicted molar refractivity (Wildman–Crippen MR) is 61.4 cm³/mol. The normalized spacial score (nSPS) is 36.6. The van der Waals surface area contributed by atoms with Gasteiger partial charge in [0.05, 0.1) is 0 Å². The maximum Gasteiger partial charge on any atom is 0.0150 e. The van der Waals surface area contributed by atoms with Gasteiger partial charge < -0.3 is 5.32 Å². The van der Waals surface area contributed by atoms with Crippen LogP contribution in [0.25, 0.3) is 0 Å². The van der Waals surface area contributed by atoms with Crippen molar-refractivity contribution >= 4 is 0 Å². The van der Waals surface area contributed by atoms with E-state index in [0.29, 0.717) is 5.41 Å². The molecule has 3 atom stereocenters. The first kappa shape index (κ1) is 10.5. The molecular formula is C13H25N. The van der Waals surface area contributed by atoms with Gasteiger partial charge in [-0.05, 0) is 37.0 Å². The Kier molecular flexibility index (Phi) is 2.88. The Bertz CT molecular complexity index is 197. The monoisotopic (exact) mass is 195 g/mol. The van der Waals surface area contributed by atoms with Crippen LogP contribution in [0.1, 0.15) is 59.3 Å². The Morgan fingerprint density at radius 2 is 2.07 bits per heavy atom. The Morgan fingerprint density at radius 3 is 2.57 bits per heavy atom. The highest BCUT2D eigenvalue weighted by Gasteiger charge is 2.45. The molecule has 1 aliphatic heterocycles. The van der Waals surface area contributed by atoms with Gasteiger partial charge in [-0.2, -0.15) is 0 Å². The van der Waals surface area contributed by atoms with Crippen molar-refractivity contribution in [2.45, 2.75) is 71.4 Å². The zero-order chi connectivity index (χ0) is 10.2. The topological polar surface area (TPSA) is 12.0 Å². The molecule has 0 radical (unpaired) electrons. The van der Waals surface area contributed by atoms with Gasteiger partial charge in [0.15, 0.2) is 0 Å². The molecule has 1 N–H and O–H groups in total. The Balaban J connectivity index is 1.93. The maximum absolute atomic E-state index is 3.84. The minimum Gasteiger partial charge on any atom is -0.310 e. The zero-order valence-corrected chi connectivity index (χ0v) is 9.97. The van der Waals surface area contributed by atoms with Crippen LogP contribution in [-0.2, 0) is 0 Å². The molecule has 2 rings (SSSR count). The van der Waals surface area contributed by atoms with Crippen LogP contribution < -0.4 is 5.32 Å². The van der Waals surface area contributed by atoms with Crippen LogP contribution in [0, 0.1) is 11.3 Å². The fourth-order valence-corrected chi connectivity index (χ4v) is 3.51. The van der Waals surface area contributed by atoms with E-state index in [0.717, 1.165) is 18.0 Å². The summed E-state index contributed by atoms with van der Waals surface area (Å²) in [6.45, 7) is 7.21. The summed E-state index contributed by atoms with van der Waals surface area (Å²) in [4.78, 5) is 0. The van der Waals surface area contributed by atoms with Crippen LogP contribution in [0.4, 0.5) is 0 Å². The molecule has 3 unspecified atom stereocenters. The van der Waals surface area contributed by atoms with E-state index in [1.165, 1.54) is 38.5 Å². The van der Waals surface area contributed by atoms with Crippen molar-refractivity contribution < 1.29 is 0 Å². The van der Waals surface area contributed by atoms with Crippen LogP contribution in [-0.4, -0.2) is 12.1 Å². The minimum atomic E-state index is 0.524. The summed E-state index contributed by atoms with van der Waals surface area (Å²) in [7, 11) is 0. The zero-order valence-electron chi connectivity index (χ0n) is 9.97. The average molecular weight is 195 g/mol. The van der Waals surface area contributed by atoms with Crippen LogP contribution in [0.3, 0.4) is 0 Å². The molecule has 2 fully saturated rings. The number of hydrogen-bond acceptors (Lipinski definition) is 1. The Hall–Kier alpha value is -0.0400. The van der Waals surface area contributed by atoms with Crippen molar-refractivity contribution in [2.24, 2.45) is 11.3 Å². The van der Waals surface area contributed by atoms with Crippen LogP contribution in [0.5, 0.6) is 0 Å². The third-order valence-corrected chi connectivity index (χ3v) is 4.38. The van der Waals surface area contributed by atoms with Gasteiger partial charge in [0.1, 0.15) is 0 Å². The molecule has 2 bridgehead atoms. The van der Waals surface area contributed by atoms with Crippen molar-refractivity contribution in [3.8, 4) is 0 Å². The maximum atomic E-state index is 3.84. The quantitative estimate of drug-likeness (QED) is 0.725. The smallest absolute Gasteiger partial charge is 0.0150 e. The molecule has 0 aromatic heterocycles. The van der Waals surface area contributed by atoms with Crippen LogP contribution >= 0.6 is 0 Å². The SMILES string of the molecule is CCCCC(C)(C)C1NC2CCC1C2. The van der Waals surface area contributed by atoms with E-state index in [4.69, 9.17) is 0 Å². The Labute approximate surface area is 88.7 Å². The fraction of sp³-hybridized carbons (Fsp3) is 1.00. The van der Waals surface area contributed by atoms with Crippen molar-refractivity contribution in [2.75, 3.05) is 0 Å². The highest BCUT2D eigenvalue weighted by atomic mass is 15.0. The summed E-state index contributed by atoms with van der Waals surface area (Å²) in [5.74, 6) is 0.992. The number of unbranched alkanes of at least 4 members (excludes halogenated alkanes) is 1. The molecule has 1 heterocycles. The number of hydrogen-bond donors (Lipinski definition) is 1. The molecule has 0 spiro atoms. The summed E-state index contributed by atoms with van der Waals surface area (Å²) >= 11 is 0.